The zero-order chi connectivity index (χ0) is 12.8. The van der Waals surface area contributed by atoms with Crippen molar-refractivity contribution in [2.75, 3.05) is 13.1 Å². The summed E-state index contributed by atoms with van der Waals surface area (Å²) in [5.74, 6) is 0.211. The smallest absolute Gasteiger partial charge is 0.240 e. The van der Waals surface area contributed by atoms with Crippen molar-refractivity contribution in [2.45, 2.75) is 38.8 Å². The van der Waals surface area contributed by atoms with E-state index in [9.17, 15) is 4.79 Å². The van der Waals surface area contributed by atoms with Gasteiger partial charge in [-0.2, -0.15) is 0 Å². The average molecular weight is 247 g/mol. The molecule has 0 radical (unpaired) electrons. The number of nitrogens with one attached hydrogen (secondary N) is 1. The molecule has 4 heteroatoms. The molecule has 1 aromatic heterocycles. The Morgan fingerprint density at radius 1 is 1.50 bits per heavy atom. The maximum atomic E-state index is 12.4. The third-order valence-electron chi connectivity index (χ3n) is 3.38. The second kappa shape index (κ2) is 6.50. The predicted octanol–water partition coefficient (Wildman–Crippen LogP) is 1.57. The fourth-order valence-corrected chi connectivity index (χ4v) is 2.32. The van der Waals surface area contributed by atoms with Gasteiger partial charge in [0.2, 0.25) is 5.91 Å². The van der Waals surface area contributed by atoms with Crippen molar-refractivity contribution in [2.24, 2.45) is 0 Å². The lowest BCUT2D eigenvalue weighted by molar-refractivity contribution is -0.134. The molecule has 2 heterocycles. The molecule has 1 saturated heterocycles. The summed E-state index contributed by atoms with van der Waals surface area (Å²) in [6.07, 6.45) is 5.05. The number of piperidine rings is 1. The maximum Gasteiger partial charge on any atom is 0.240 e. The van der Waals surface area contributed by atoms with E-state index in [4.69, 9.17) is 0 Å². The van der Waals surface area contributed by atoms with Gasteiger partial charge in [0.25, 0.3) is 0 Å². The van der Waals surface area contributed by atoms with Gasteiger partial charge in [0.05, 0.1) is 18.3 Å². The fourth-order valence-electron chi connectivity index (χ4n) is 2.32. The Labute approximate surface area is 108 Å². The molecule has 1 aliphatic rings. The molecule has 0 unspecified atom stereocenters. The van der Waals surface area contributed by atoms with Gasteiger partial charge in [-0.15, -0.1) is 0 Å². The van der Waals surface area contributed by atoms with Crippen LogP contribution in [0.4, 0.5) is 0 Å². The Balaban J connectivity index is 1.97. The number of nitrogens with zero attached hydrogens (tertiary/aromatic N) is 2. The predicted molar refractivity (Wildman–Crippen MR) is 71.0 cm³/mol. The number of aromatic nitrogens is 1. The number of hydrogen-bond acceptors (Lipinski definition) is 3. The summed E-state index contributed by atoms with van der Waals surface area (Å²) in [7, 11) is 0. The first-order chi connectivity index (χ1) is 8.81. The van der Waals surface area contributed by atoms with Gasteiger partial charge in [0.15, 0.2) is 0 Å². The lowest BCUT2D eigenvalue weighted by Crippen LogP contribution is -2.48. The highest BCUT2D eigenvalue weighted by molar-refractivity contribution is 5.81. The van der Waals surface area contributed by atoms with Gasteiger partial charge in [-0.05, 0) is 38.4 Å². The number of rotatable bonds is 4. The van der Waals surface area contributed by atoms with Crippen LogP contribution in [-0.4, -0.2) is 34.9 Å². The fraction of sp³-hybridized carbons (Fsp3) is 0.571. The molecule has 0 aliphatic carbocycles. The van der Waals surface area contributed by atoms with Gasteiger partial charge in [-0.3, -0.25) is 9.78 Å². The summed E-state index contributed by atoms with van der Waals surface area (Å²) in [6, 6.07) is 5.82. The van der Waals surface area contributed by atoms with Crippen molar-refractivity contribution in [3.8, 4) is 0 Å². The van der Waals surface area contributed by atoms with E-state index in [0.29, 0.717) is 6.54 Å². The first kappa shape index (κ1) is 13.0. The van der Waals surface area contributed by atoms with Crippen LogP contribution in [-0.2, 0) is 11.3 Å². The molecule has 0 saturated carbocycles. The summed E-state index contributed by atoms with van der Waals surface area (Å²) in [5, 5.41) is 3.31. The molecule has 0 spiro atoms. The molecule has 2 rings (SSSR count). The van der Waals surface area contributed by atoms with Crippen LogP contribution in [0.1, 0.15) is 31.9 Å². The number of hydrogen-bond donors (Lipinski definition) is 1. The highest BCUT2D eigenvalue weighted by Gasteiger charge is 2.24. The summed E-state index contributed by atoms with van der Waals surface area (Å²) in [5.41, 5.74) is 0.948. The third-order valence-corrected chi connectivity index (χ3v) is 3.38. The number of carbonyl (C=O) groups is 1. The molecule has 98 valence electrons. The Morgan fingerprint density at radius 3 is 3.00 bits per heavy atom. The standard InChI is InChI=1S/C14H21N3O/c1-2-17(11-12-7-3-5-9-15-12)14(18)13-8-4-6-10-16-13/h3,5,7,9,13,16H,2,4,6,8,10-11H2,1H3/t13-/m1/s1. The quantitative estimate of drug-likeness (QED) is 0.878. The minimum atomic E-state index is 0.00223. The molecule has 1 aromatic rings. The molecule has 4 nitrogen and oxygen atoms in total. The Morgan fingerprint density at radius 2 is 2.39 bits per heavy atom. The molecule has 1 aliphatic heterocycles. The molecular weight excluding hydrogens is 226 g/mol. The lowest BCUT2D eigenvalue weighted by atomic mass is 10.0. The van der Waals surface area contributed by atoms with E-state index >= 15 is 0 Å². The Hall–Kier alpha value is -1.42. The van der Waals surface area contributed by atoms with E-state index in [1.54, 1.807) is 6.20 Å². The molecular formula is C14H21N3O. The number of amides is 1. The summed E-state index contributed by atoms with van der Waals surface area (Å²) < 4.78 is 0. The zero-order valence-electron chi connectivity index (χ0n) is 10.9. The van der Waals surface area contributed by atoms with Crippen LogP contribution in [0.2, 0.25) is 0 Å². The molecule has 0 aromatic carbocycles. The second-order valence-corrected chi connectivity index (χ2v) is 4.68. The summed E-state index contributed by atoms with van der Waals surface area (Å²) >= 11 is 0. The molecule has 18 heavy (non-hydrogen) atoms. The number of likely N-dealkylation sites (N-methyl/N-ethyl adjacent to an activating group) is 1. The van der Waals surface area contributed by atoms with Crippen molar-refractivity contribution in [1.82, 2.24) is 15.2 Å². The van der Waals surface area contributed by atoms with Crippen LogP contribution in [0.25, 0.3) is 0 Å². The lowest BCUT2D eigenvalue weighted by Gasteiger charge is -2.29. The van der Waals surface area contributed by atoms with Gasteiger partial charge >= 0.3 is 0 Å². The van der Waals surface area contributed by atoms with Crippen LogP contribution < -0.4 is 5.32 Å². The van der Waals surface area contributed by atoms with E-state index in [2.05, 4.69) is 10.3 Å². The number of carbonyl (C=O) groups excluding carboxylic acids is 1. The van der Waals surface area contributed by atoms with E-state index in [-0.39, 0.29) is 11.9 Å². The Kier molecular flexibility index (Phi) is 4.70. The van der Waals surface area contributed by atoms with E-state index in [1.807, 2.05) is 30.0 Å². The summed E-state index contributed by atoms with van der Waals surface area (Å²) in [4.78, 5) is 18.5. The van der Waals surface area contributed by atoms with Crippen molar-refractivity contribution >= 4 is 5.91 Å². The van der Waals surface area contributed by atoms with Crippen LogP contribution in [0.15, 0.2) is 24.4 Å². The van der Waals surface area contributed by atoms with Gasteiger partial charge in [-0.25, -0.2) is 0 Å². The zero-order valence-corrected chi connectivity index (χ0v) is 10.9. The van der Waals surface area contributed by atoms with Crippen LogP contribution >= 0.6 is 0 Å². The highest BCUT2D eigenvalue weighted by Crippen LogP contribution is 2.11. The minimum Gasteiger partial charge on any atom is -0.336 e. The second-order valence-electron chi connectivity index (χ2n) is 4.68. The van der Waals surface area contributed by atoms with Gasteiger partial charge in [0, 0.05) is 12.7 Å². The molecule has 1 N–H and O–H groups in total. The first-order valence-electron chi connectivity index (χ1n) is 6.73. The van der Waals surface area contributed by atoms with E-state index in [1.165, 1.54) is 6.42 Å². The van der Waals surface area contributed by atoms with Crippen LogP contribution in [0, 0.1) is 0 Å². The normalized spacial score (nSPS) is 19.5. The average Bonchev–Trinajstić information content (AvgIpc) is 2.46. The van der Waals surface area contributed by atoms with Gasteiger partial charge in [-0.1, -0.05) is 12.5 Å². The van der Waals surface area contributed by atoms with Crippen molar-refractivity contribution in [3.63, 3.8) is 0 Å². The van der Waals surface area contributed by atoms with E-state index < -0.39 is 0 Å². The van der Waals surface area contributed by atoms with Gasteiger partial charge in [0.1, 0.15) is 0 Å². The van der Waals surface area contributed by atoms with Gasteiger partial charge < -0.3 is 10.2 Å². The topological polar surface area (TPSA) is 45.2 Å². The molecule has 1 atom stereocenters. The maximum absolute atomic E-state index is 12.4. The van der Waals surface area contributed by atoms with E-state index in [0.717, 1.165) is 31.6 Å². The first-order valence-corrected chi connectivity index (χ1v) is 6.73. The molecule has 1 amide bonds. The Bertz CT molecular complexity index is 374. The highest BCUT2D eigenvalue weighted by atomic mass is 16.2. The SMILES string of the molecule is CCN(Cc1ccccn1)C(=O)[C@H]1CCCCN1. The summed E-state index contributed by atoms with van der Waals surface area (Å²) in [6.45, 7) is 4.31. The van der Waals surface area contributed by atoms with Crippen molar-refractivity contribution in [1.29, 1.82) is 0 Å². The van der Waals surface area contributed by atoms with Crippen molar-refractivity contribution < 1.29 is 4.79 Å². The van der Waals surface area contributed by atoms with Crippen LogP contribution in [0.3, 0.4) is 0 Å². The minimum absolute atomic E-state index is 0.00223. The molecule has 1 fully saturated rings. The number of pyridine rings is 1. The third kappa shape index (κ3) is 3.29. The molecule has 0 bridgehead atoms. The van der Waals surface area contributed by atoms with Crippen LogP contribution in [0.5, 0.6) is 0 Å². The van der Waals surface area contributed by atoms with Crippen molar-refractivity contribution in [3.05, 3.63) is 30.1 Å². The monoisotopic (exact) mass is 247 g/mol. The largest absolute Gasteiger partial charge is 0.336 e.